The van der Waals surface area contributed by atoms with Gasteiger partial charge in [0, 0.05) is 54.3 Å². The fourth-order valence-corrected chi connectivity index (χ4v) is 4.97. The number of pyridine rings is 1. The van der Waals surface area contributed by atoms with Crippen molar-refractivity contribution in [1.82, 2.24) is 25.3 Å². The van der Waals surface area contributed by atoms with Gasteiger partial charge in [-0.2, -0.15) is 0 Å². The van der Waals surface area contributed by atoms with Crippen LogP contribution in [-0.4, -0.2) is 66.4 Å². The number of hydrogen-bond donors (Lipinski definition) is 2. The number of benzene rings is 2. The molecule has 0 radical (unpaired) electrons. The molecule has 0 bridgehead atoms. The number of rotatable bonds is 9. The summed E-state index contributed by atoms with van der Waals surface area (Å²) in [5.41, 5.74) is 11.3. The summed E-state index contributed by atoms with van der Waals surface area (Å²) >= 11 is 0. The van der Waals surface area contributed by atoms with E-state index in [0.717, 1.165) is 90.2 Å². The predicted octanol–water partition coefficient (Wildman–Crippen LogP) is 4.56. The zero-order chi connectivity index (χ0) is 25.7. The number of imidazole rings is 1. The molecule has 8 nitrogen and oxygen atoms in total. The minimum Gasteiger partial charge on any atom is -0.492 e. The van der Waals surface area contributed by atoms with Gasteiger partial charge in [-0.25, -0.2) is 4.98 Å². The Morgan fingerprint density at radius 3 is 2.55 bits per heavy atom. The lowest BCUT2D eigenvalue weighted by molar-refractivity contribution is 0.0322. The highest BCUT2D eigenvalue weighted by atomic mass is 16.6. The van der Waals surface area contributed by atoms with Crippen LogP contribution in [0.4, 0.5) is 0 Å². The Labute approximate surface area is 222 Å². The van der Waals surface area contributed by atoms with Gasteiger partial charge in [-0.1, -0.05) is 18.2 Å². The number of morpholine rings is 1. The van der Waals surface area contributed by atoms with Gasteiger partial charge >= 0.3 is 0 Å². The van der Waals surface area contributed by atoms with Crippen LogP contribution in [0.15, 0.2) is 73.1 Å². The number of aromatic amines is 1. The van der Waals surface area contributed by atoms with E-state index < -0.39 is 0 Å². The maximum Gasteiger partial charge on any atom is 0.138 e. The molecule has 6 rings (SSSR count). The molecule has 2 aliphatic rings. The van der Waals surface area contributed by atoms with Crippen LogP contribution in [0, 0.1) is 0 Å². The van der Waals surface area contributed by atoms with Crippen molar-refractivity contribution < 1.29 is 14.3 Å². The number of hydrogen-bond acceptors (Lipinski definition) is 7. The Kier molecular flexibility index (Phi) is 7.17. The number of nitrogens with zero attached hydrogens (tertiary/aromatic N) is 3. The molecule has 38 heavy (non-hydrogen) atoms. The summed E-state index contributed by atoms with van der Waals surface area (Å²) < 4.78 is 11.4. The number of H-pyrrole nitrogens is 1. The second-order valence-corrected chi connectivity index (χ2v) is 9.37. The summed E-state index contributed by atoms with van der Waals surface area (Å²) in [6.07, 6.45) is 6.60. The second kappa shape index (κ2) is 11.2. The van der Waals surface area contributed by atoms with Crippen LogP contribution in [-0.2, 0) is 16.0 Å². The summed E-state index contributed by atoms with van der Waals surface area (Å²) in [7, 11) is 1.63. The molecule has 4 aromatic rings. The molecule has 1 fully saturated rings. The van der Waals surface area contributed by atoms with Gasteiger partial charge in [0.25, 0.3) is 0 Å². The van der Waals surface area contributed by atoms with Gasteiger partial charge in [0.15, 0.2) is 0 Å². The van der Waals surface area contributed by atoms with E-state index in [2.05, 4.69) is 56.8 Å². The molecule has 0 amide bonds. The highest BCUT2D eigenvalue weighted by Crippen LogP contribution is 2.36. The summed E-state index contributed by atoms with van der Waals surface area (Å²) in [5.74, 6) is 1.67. The van der Waals surface area contributed by atoms with Crippen LogP contribution in [0.2, 0.25) is 0 Å². The highest BCUT2D eigenvalue weighted by molar-refractivity contribution is 5.83. The van der Waals surface area contributed by atoms with E-state index in [9.17, 15) is 0 Å². The van der Waals surface area contributed by atoms with Crippen molar-refractivity contribution in [2.75, 3.05) is 46.6 Å². The quantitative estimate of drug-likeness (QED) is 0.320. The van der Waals surface area contributed by atoms with Crippen molar-refractivity contribution in [3.8, 4) is 39.7 Å². The maximum absolute atomic E-state index is 6.00. The molecule has 0 unspecified atom stereocenters. The fraction of sp³-hybridized carbons (Fsp3) is 0.267. The molecule has 1 aliphatic carbocycles. The Morgan fingerprint density at radius 2 is 1.76 bits per heavy atom. The normalized spacial score (nSPS) is 15.2. The zero-order valence-electron chi connectivity index (χ0n) is 21.4. The first-order chi connectivity index (χ1) is 18.8. The lowest BCUT2D eigenvalue weighted by atomic mass is 10.0. The topological polar surface area (TPSA) is 84.5 Å². The number of allylic oxidation sites excluding steroid dienone is 1. The van der Waals surface area contributed by atoms with Crippen molar-refractivity contribution in [3.63, 3.8) is 0 Å². The van der Waals surface area contributed by atoms with E-state index in [0.29, 0.717) is 6.61 Å². The second-order valence-electron chi connectivity index (χ2n) is 9.37. The van der Waals surface area contributed by atoms with Gasteiger partial charge in [0.2, 0.25) is 0 Å². The number of aromatic nitrogens is 3. The van der Waals surface area contributed by atoms with Crippen molar-refractivity contribution in [3.05, 3.63) is 84.2 Å². The van der Waals surface area contributed by atoms with E-state index in [4.69, 9.17) is 19.3 Å². The highest BCUT2D eigenvalue weighted by Gasteiger charge is 2.19. The lowest BCUT2D eigenvalue weighted by Gasteiger charge is -2.26. The first-order valence-electron chi connectivity index (χ1n) is 12.9. The molecule has 2 N–H and O–H groups in total. The molecule has 1 saturated heterocycles. The van der Waals surface area contributed by atoms with E-state index in [1.54, 1.807) is 19.5 Å². The third-order valence-corrected chi connectivity index (χ3v) is 6.99. The summed E-state index contributed by atoms with van der Waals surface area (Å²) in [6.45, 7) is 5.10. The Hall–Kier alpha value is -3.98. The first kappa shape index (κ1) is 24.4. The van der Waals surface area contributed by atoms with Gasteiger partial charge in [0.1, 0.15) is 18.2 Å². The molecule has 194 valence electrons. The Balaban J connectivity index is 1.24. The number of ether oxygens (including phenoxy) is 2. The molecule has 2 aromatic heterocycles. The van der Waals surface area contributed by atoms with Crippen LogP contribution in [0.1, 0.15) is 11.1 Å². The number of hydroxylamine groups is 1. The maximum atomic E-state index is 6.00. The van der Waals surface area contributed by atoms with E-state index >= 15 is 0 Å². The van der Waals surface area contributed by atoms with Crippen LogP contribution >= 0.6 is 0 Å². The van der Waals surface area contributed by atoms with Gasteiger partial charge in [0.05, 0.1) is 37.4 Å². The van der Waals surface area contributed by atoms with E-state index in [1.807, 2.05) is 24.3 Å². The molecule has 0 atom stereocenters. The summed E-state index contributed by atoms with van der Waals surface area (Å²) in [5, 5.41) is 0. The average molecular weight is 510 g/mol. The molecule has 1 aliphatic heterocycles. The summed E-state index contributed by atoms with van der Waals surface area (Å²) in [4.78, 5) is 20.3. The van der Waals surface area contributed by atoms with Crippen LogP contribution < -0.4 is 10.2 Å². The Morgan fingerprint density at radius 1 is 0.974 bits per heavy atom. The number of fused-ring (bicyclic) bond motifs is 1. The monoisotopic (exact) mass is 509 g/mol. The minimum atomic E-state index is 0.658. The largest absolute Gasteiger partial charge is 0.492 e. The van der Waals surface area contributed by atoms with Crippen molar-refractivity contribution >= 4 is 5.70 Å². The van der Waals surface area contributed by atoms with Crippen molar-refractivity contribution in [2.24, 2.45) is 0 Å². The van der Waals surface area contributed by atoms with Crippen LogP contribution in [0.3, 0.4) is 0 Å². The molecule has 0 saturated carbocycles. The lowest BCUT2D eigenvalue weighted by Crippen LogP contribution is -2.38. The van der Waals surface area contributed by atoms with Crippen molar-refractivity contribution in [2.45, 2.75) is 6.42 Å². The van der Waals surface area contributed by atoms with Gasteiger partial charge in [-0.05, 0) is 54.4 Å². The third-order valence-electron chi connectivity index (χ3n) is 6.99. The van der Waals surface area contributed by atoms with Crippen LogP contribution in [0.5, 0.6) is 5.75 Å². The molecular weight excluding hydrogens is 478 g/mol. The zero-order valence-corrected chi connectivity index (χ0v) is 21.4. The standard InChI is InChI=1S/C30H31N5O3/c1-36-34-27-9-5-23-20-24(4-8-26(23)27)29-28(21-10-12-31-13-11-21)32-30(33-29)22-2-6-25(7-3-22)38-19-16-35-14-17-37-18-15-35/h2-4,6-13,20,34H,5,14-19H2,1H3,(H,32,33). The molecule has 3 heterocycles. The minimum absolute atomic E-state index is 0.658. The van der Waals surface area contributed by atoms with Gasteiger partial charge in [-0.3, -0.25) is 20.2 Å². The average Bonchev–Trinajstić information content (AvgIpc) is 3.59. The summed E-state index contributed by atoms with van der Waals surface area (Å²) in [6, 6.07) is 18.6. The van der Waals surface area contributed by atoms with E-state index in [1.165, 1.54) is 5.56 Å². The van der Waals surface area contributed by atoms with Crippen LogP contribution in [0.25, 0.3) is 39.6 Å². The fourth-order valence-electron chi connectivity index (χ4n) is 4.97. The molecule has 2 aromatic carbocycles. The van der Waals surface area contributed by atoms with Gasteiger partial charge in [-0.15, -0.1) is 0 Å². The molecular formula is C30H31N5O3. The molecule has 8 heteroatoms. The van der Waals surface area contributed by atoms with E-state index in [-0.39, 0.29) is 0 Å². The molecule has 0 spiro atoms. The Bertz CT molecular complexity index is 1410. The van der Waals surface area contributed by atoms with Gasteiger partial charge < -0.3 is 14.5 Å². The third kappa shape index (κ3) is 5.19. The SMILES string of the molecule is CONC1=CCc2cc(-c3nc(-c4ccc(OCCN5CCOCC5)cc4)[nH]c3-c3ccncc3)ccc21. The smallest absolute Gasteiger partial charge is 0.138 e. The first-order valence-corrected chi connectivity index (χ1v) is 12.9. The van der Waals surface area contributed by atoms with Crippen molar-refractivity contribution in [1.29, 1.82) is 0 Å². The predicted molar refractivity (Wildman–Crippen MR) is 147 cm³/mol. The number of nitrogens with one attached hydrogen (secondary N) is 2.